The van der Waals surface area contributed by atoms with Crippen molar-refractivity contribution in [1.29, 1.82) is 0 Å². The number of ether oxygens (including phenoxy) is 1. The fourth-order valence-electron chi connectivity index (χ4n) is 1.93. The quantitative estimate of drug-likeness (QED) is 0.838. The zero-order chi connectivity index (χ0) is 12.5. The van der Waals surface area contributed by atoms with Gasteiger partial charge >= 0.3 is 0 Å². The molecule has 1 aliphatic rings. The number of hydrogen-bond acceptors (Lipinski definition) is 5. The molecule has 0 radical (unpaired) electrons. The fraction of sp³-hybridized carbons (Fsp3) is 0.455. The van der Waals surface area contributed by atoms with Crippen LogP contribution in [0, 0.1) is 6.92 Å². The summed E-state index contributed by atoms with van der Waals surface area (Å²) in [6.07, 6.45) is 2.93. The first-order valence-corrected chi connectivity index (χ1v) is 5.85. The summed E-state index contributed by atoms with van der Waals surface area (Å²) in [5, 5.41) is 6.83. The molecule has 0 saturated carbocycles. The normalized spacial score (nSPS) is 19.3. The van der Waals surface area contributed by atoms with E-state index in [4.69, 9.17) is 4.74 Å². The van der Waals surface area contributed by atoms with E-state index in [9.17, 15) is 4.79 Å². The topological polar surface area (TPSA) is 81.4 Å². The lowest BCUT2D eigenvalue weighted by atomic mass is 10.2. The SMILES string of the molecule is Cc1ccnc2nc(NC(=O)C3CCCO3)nn12. The first kappa shape index (κ1) is 11.1. The van der Waals surface area contributed by atoms with Crippen LogP contribution in [0.1, 0.15) is 18.5 Å². The number of carbonyl (C=O) groups excluding carboxylic acids is 1. The molecule has 1 amide bonds. The number of nitrogens with one attached hydrogen (secondary N) is 1. The summed E-state index contributed by atoms with van der Waals surface area (Å²) in [6, 6.07) is 1.83. The smallest absolute Gasteiger partial charge is 0.255 e. The Kier molecular flexibility index (Phi) is 2.67. The Morgan fingerprint density at radius 1 is 1.61 bits per heavy atom. The Bertz CT molecular complexity index is 588. The molecule has 0 aliphatic carbocycles. The maximum absolute atomic E-state index is 11.8. The molecular formula is C11H13N5O2. The lowest BCUT2D eigenvalue weighted by Crippen LogP contribution is -2.27. The van der Waals surface area contributed by atoms with Crippen LogP contribution < -0.4 is 5.32 Å². The van der Waals surface area contributed by atoms with Gasteiger partial charge in [-0.2, -0.15) is 9.50 Å². The molecule has 7 heteroatoms. The highest BCUT2D eigenvalue weighted by Crippen LogP contribution is 2.14. The van der Waals surface area contributed by atoms with E-state index in [0.717, 1.165) is 18.5 Å². The fourth-order valence-corrected chi connectivity index (χ4v) is 1.93. The molecule has 1 N–H and O–H groups in total. The van der Waals surface area contributed by atoms with Gasteiger partial charge in [0.05, 0.1) is 0 Å². The Hall–Kier alpha value is -2.02. The van der Waals surface area contributed by atoms with Crippen LogP contribution in [0.4, 0.5) is 5.95 Å². The van der Waals surface area contributed by atoms with Gasteiger partial charge in [-0.3, -0.25) is 10.1 Å². The molecule has 1 atom stereocenters. The van der Waals surface area contributed by atoms with E-state index in [0.29, 0.717) is 12.4 Å². The summed E-state index contributed by atoms with van der Waals surface area (Å²) in [5.41, 5.74) is 0.908. The van der Waals surface area contributed by atoms with Crippen LogP contribution in [0.5, 0.6) is 0 Å². The highest BCUT2D eigenvalue weighted by molar-refractivity contribution is 5.92. The molecule has 1 saturated heterocycles. The molecule has 1 fully saturated rings. The van der Waals surface area contributed by atoms with Crippen LogP contribution in [0.25, 0.3) is 5.78 Å². The summed E-state index contributed by atoms with van der Waals surface area (Å²) >= 11 is 0. The first-order chi connectivity index (χ1) is 8.74. The predicted molar refractivity (Wildman–Crippen MR) is 63.1 cm³/mol. The lowest BCUT2D eigenvalue weighted by molar-refractivity contribution is -0.124. The molecule has 1 unspecified atom stereocenters. The zero-order valence-corrected chi connectivity index (χ0v) is 9.96. The Balaban J connectivity index is 1.82. The number of aromatic nitrogens is 4. The van der Waals surface area contributed by atoms with E-state index in [1.807, 2.05) is 13.0 Å². The van der Waals surface area contributed by atoms with Gasteiger partial charge in [-0.05, 0) is 25.8 Å². The number of rotatable bonds is 2. The van der Waals surface area contributed by atoms with Crippen molar-refractivity contribution in [2.45, 2.75) is 25.9 Å². The molecule has 0 bridgehead atoms. The highest BCUT2D eigenvalue weighted by atomic mass is 16.5. The van der Waals surface area contributed by atoms with E-state index < -0.39 is 0 Å². The van der Waals surface area contributed by atoms with Crippen molar-refractivity contribution in [3.8, 4) is 0 Å². The van der Waals surface area contributed by atoms with Gasteiger partial charge < -0.3 is 4.74 Å². The second kappa shape index (κ2) is 4.34. The molecule has 94 valence electrons. The van der Waals surface area contributed by atoms with Crippen molar-refractivity contribution in [3.05, 3.63) is 18.0 Å². The third kappa shape index (κ3) is 1.92. The molecule has 2 aromatic heterocycles. The minimum atomic E-state index is -0.384. The van der Waals surface area contributed by atoms with E-state index in [-0.39, 0.29) is 18.0 Å². The maximum Gasteiger partial charge on any atom is 0.255 e. The van der Waals surface area contributed by atoms with Crippen molar-refractivity contribution in [2.75, 3.05) is 11.9 Å². The second-order valence-corrected chi connectivity index (χ2v) is 4.22. The molecule has 2 aromatic rings. The van der Waals surface area contributed by atoms with E-state index in [2.05, 4.69) is 20.4 Å². The maximum atomic E-state index is 11.8. The highest BCUT2D eigenvalue weighted by Gasteiger charge is 2.24. The third-order valence-electron chi connectivity index (χ3n) is 2.89. The molecule has 3 rings (SSSR count). The number of carbonyl (C=O) groups is 1. The monoisotopic (exact) mass is 247 g/mol. The minimum absolute atomic E-state index is 0.193. The largest absolute Gasteiger partial charge is 0.368 e. The average Bonchev–Trinajstić information content (AvgIpc) is 2.97. The Morgan fingerprint density at radius 3 is 3.22 bits per heavy atom. The Labute approximate surface area is 103 Å². The van der Waals surface area contributed by atoms with Crippen LogP contribution in [-0.2, 0) is 9.53 Å². The number of anilines is 1. The lowest BCUT2D eigenvalue weighted by Gasteiger charge is -2.06. The summed E-state index contributed by atoms with van der Waals surface area (Å²) in [7, 11) is 0. The van der Waals surface area contributed by atoms with Crippen LogP contribution >= 0.6 is 0 Å². The van der Waals surface area contributed by atoms with Crippen molar-refractivity contribution in [2.24, 2.45) is 0 Å². The number of hydrogen-bond donors (Lipinski definition) is 1. The van der Waals surface area contributed by atoms with Crippen molar-refractivity contribution in [3.63, 3.8) is 0 Å². The van der Waals surface area contributed by atoms with Gasteiger partial charge in [0.2, 0.25) is 0 Å². The van der Waals surface area contributed by atoms with Gasteiger partial charge in [0.25, 0.3) is 17.6 Å². The summed E-state index contributed by atoms with van der Waals surface area (Å²) in [6.45, 7) is 2.53. The van der Waals surface area contributed by atoms with Gasteiger partial charge in [-0.1, -0.05) is 0 Å². The molecule has 18 heavy (non-hydrogen) atoms. The molecule has 3 heterocycles. The Morgan fingerprint density at radius 2 is 2.50 bits per heavy atom. The first-order valence-electron chi connectivity index (χ1n) is 5.85. The summed E-state index contributed by atoms with van der Waals surface area (Å²) < 4.78 is 6.88. The molecule has 0 aromatic carbocycles. The molecular weight excluding hydrogens is 234 g/mol. The number of amides is 1. The van der Waals surface area contributed by atoms with Gasteiger partial charge in [0.1, 0.15) is 6.10 Å². The van der Waals surface area contributed by atoms with Crippen molar-refractivity contribution < 1.29 is 9.53 Å². The summed E-state index contributed by atoms with van der Waals surface area (Å²) in [4.78, 5) is 20.0. The van der Waals surface area contributed by atoms with E-state index >= 15 is 0 Å². The van der Waals surface area contributed by atoms with Crippen LogP contribution in [-0.4, -0.2) is 38.2 Å². The van der Waals surface area contributed by atoms with E-state index in [1.54, 1.807) is 10.7 Å². The van der Waals surface area contributed by atoms with Gasteiger partial charge in [-0.15, -0.1) is 5.10 Å². The minimum Gasteiger partial charge on any atom is -0.368 e. The van der Waals surface area contributed by atoms with Gasteiger partial charge in [0.15, 0.2) is 0 Å². The van der Waals surface area contributed by atoms with Gasteiger partial charge in [0, 0.05) is 18.5 Å². The average molecular weight is 247 g/mol. The van der Waals surface area contributed by atoms with Crippen LogP contribution in [0.2, 0.25) is 0 Å². The third-order valence-corrected chi connectivity index (χ3v) is 2.89. The number of aryl methyl sites for hydroxylation is 1. The molecule has 0 spiro atoms. The predicted octanol–water partition coefficient (Wildman–Crippen LogP) is 0.550. The molecule has 1 aliphatic heterocycles. The number of nitrogens with zero attached hydrogens (tertiary/aromatic N) is 4. The molecule has 7 nitrogen and oxygen atoms in total. The van der Waals surface area contributed by atoms with Crippen molar-refractivity contribution >= 4 is 17.6 Å². The van der Waals surface area contributed by atoms with E-state index in [1.165, 1.54) is 0 Å². The van der Waals surface area contributed by atoms with Gasteiger partial charge in [-0.25, -0.2) is 4.98 Å². The second-order valence-electron chi connectivity index (χ2n) is 4.22. The number of fused-ring (bicyclic) bond motifs is 1. The van der Waals surface area contributed by atoms with Crippen LogP contribution in [0.15, 0.2) is 12.3 Å². The summed E-state index contributed by atoms with van der Waals surface area (Å²) in [5.74, 6) is 0.538. The van der Waals surface area contributed by atoms with Crippen molar-refractivity contribution in [1.82, 2.24) is 19.6 Å². The van der Waals surface area contributed by atoms with Crippen LogP contribution in [0.3, 0.4) is 0 Å². The standard InChI is InChI=1S/C11H13N5O2/c1-7-4-5-12-11-14-10(15-16(7)11)13-9(17)8-3-2-6-18-8/h4-5,8H,2-3,6H2,1H3,(H,13,15,17). The zero-order valence-electron chi connectivity index (χ0n) is 9.96.